The van der Waals surface area contributed by atoms with Crippen molar-refractivity contribution in [1.82, 2.24) is 9.78 Å². The molecule has 0 amide bonds. The lowest BCUT2D eigenvalue weighted by atomic mass is 10.0. The Hall–Kier alpha value is -1.13. The van der Waals surface area contributed by atoms with E-state index in [0.29, 0.717) is 0 Å². The molecule has 0 saturated heterocycles. The van der Waals surface area contributed by atoms with E-state index in [1.165, 1.54) is 5.56 Å². The second kappa shape index (κ2) is 5.02. The van der Waals surface area contributed by atoms with Crippen LogP contribution in [-0.4, -0.2) is 9.78 Å². The maximum absolute atomic E-state index is 6.21. The predicted molar refractivity (Wildman–Crippen MR) is 72.7 cm³/mol. The number of nitrogens with two attached hydrogens (primary N) is 1. The molecule has 0 saturated carbocycles. The molecule has 1 atom stereocenters. The largest absolute Gasteiger partial charge is 0.324 e. The summed E-state index contributed by atoms with van der Waals surface area (Å²) < 4.78 is 2.87. The van der Waals surface area contributed by atoms with Crippen molar-refractivity contribution in [2.45, 2.75) is 19.4 Å². The van der Waals surface area contributed by atoms with Crippen molar-refractivity contribution in [2.75, 3.05) is 0 Å². The molecule has 2 rings (SSSR count). The van der Waals surface area contributed by atoms with Crippen LogP contribution < -0.4 is 5.73 Å². The minimum absolute atomic E-state index is 0.0279. The average Bonchev–Trinajstić information content (AvgIpc) is 2.63. The van der Waals surface area contributed by atoms with Gasteiger partial charge in [0, 0.05) is 30.2 Å². The Morgan fingerprint density at radius 3 is 2.76 bits per heavy atom. The maximum atomic E-state index is 6.21. The molecule has 4 heteroatoms. The van der Waals surface area contributed by atoms with Crippen molar-refractivity contribution in [3.05, 3.63) is 51.8 Å². The topological polar surface area (TPSA) is 43.8 Å². The van der Waals surface area contributed by atoms with E-state index in [4.69, 9.17) is 5.73 Å². The first-order valence-electron chi connectivity index (χ1n) is 5.56. The van der Waals surface area contributed by atoms with Crippen molar-refractivity contribution in [3.8, 4) is 0 Å². The summed E-state index contributed by atoms with van der Waals surface area (Å²) in [5, 5.41) is 4.34. The van der Waals surface area contributed by atoms with Crippen molar-refractivity contribution < 1.29 is 0 Å². The molecule has 1 heterocycles. The van der Waals surface area contributed by atoms with Crippen LogP contribution in [0.2, 0.25) is 0 Å². The average molecular weight is 294 g/mol. The Labute approximate surface area is 110 Å². The third kappa shape index (κ3) is 2.96. The van der Waals surface area contributed by atoms with Gasteiger partial charge in [-0.2, -0.15) is 5.10 Å². The summed E-state index contributed by atoms with van der Waals surface area (Å²) in [6, 6.07) is 8.22. The second-order valence-corrected chi connectivity index (χ2v) is 5.17. The zero-order valence-electron chi connectivity index (χ0n) is 10.0. The van der Waals surface area contributed by atoms with Crippen molar-refractivity contribution in [2.24, 2.45) is 12.8 Å². The fourth-order valence-corrected chi connectivity index (χ4v) is 2.63. The standard InChI is InChI=1S/C13H16BrN3/c1-9-3-4-11(12(14)7-9)13(15)8-10-5-6-17(2)16-10/h3-7,13H,8,15H2,1-2H3. The molecule has 0 spiro atoms. The van der Waals surface area contributed by atoms with Gasteiger partial charge in [0.05, 0.1) is 5.69 Å². The highest BCUT2D eigenvalue weighted by Crippen LogP contribution is 2.25. The summed E-state index contributed by atoms with van der Waals surface area (Å²) in [5.41, 5.74) is 9.58. The zero-order chi connectivity index (χ0) is 12.4. The van der Waals surface area contributed by atoms with Gasteiger partial charge in [-0.1, -0.05) is 28.1 Å². The number of hydrogen-bond donors (Lipinski definition) is 1. The lowest BCUT2D eigenvalue weighted by Crippen LogP contribution is -2.14. The second-order valence-electron chi connectivity index (χ2n) is 4.32. The van der Waals surface area contributed by atoms with Crippen LogP contribution in [0.4, 0.5) is 0 Å². The maximum Gasteiger partial charge on any atom is 0.0643 e. The monoisotopic (exact) mass is 293 g/mol. The molecular weight excluding hydrogens is 278 g/mol. The van der Waals surface area contributed by atoms with Crippen LogP contribution in [0.25, 0.3) is 0 Å². The summed E-state index contributed by atoms with van der Waals surface area (Å²) in [6.45, 7) is 2.07. The van der Waals surface area contributed by atoms with Crippen LogP contribution >= 0.6 is 15.9 Å². The van der Waals surface area contributed by atoms with Gasteiger partial charge in [-0.05, 0) is 30.2 Å². The van der Waals surface area contributed by atoms with E-state index >= 15 is 0 Å². The van der Waals surface area contributed by atoms with Gasteiger partial charge in [0.25, 0.3) is 0 Å². The summed E-state index contributed by atoms with van der Waals surface area (Å²) in [7, 11) is 1.91. The van der Waals surface area contributed by atoms with Gasteiger partial charge in [0.2, 0.25) is 0 Å². The number of halogens is 1. The fraction of sp³-hybridized carbons (Fsp3) is 0.308. The highest BCUT2D eigenvalue weighted by atomic mass is 79.9. The van der Waals surface area contributed by atoms with Crippen LogP contribution in [0.3, 0.4) is 0 Å². The first-order valence-corrected chi connectivity index (χ1v) is 6.35. The third-order valence-corrected chi connectivity index (χ3v) is 3.44. The molecule has 1 unspecified atom stereocenters. The highest BCUT2D eigenvalue weighted by Gasteiger charge is 2.12. The van der Waals surface area contributed by atoms with E-state index in [2.05, 4.69) is 46.2 Å². The first kappa shape index (κ1) is 12.3. The molecule has 17 heavy (non-hydrogen) atoms. The minimum Gasteiger partial charge on any atom is -0.324 e. The molecule has 90 valence electrons. The fourth-order valence-electron chi connectivity index (χ4n) is 1.84. The summed E-state index contributed by atoms with van der Waals surface area (Å²) in [6.07, 6.45) is 2.69. The van der Waals surface area contributed by atoms with Gasteiger partial charge in [0.1, 0.15) is 0 Å². The zero-order valence-corrected chi connectivity index (χ0v) is 11.6. The third-order valence-electron chi connectivity index (χ3n) is 2.75. The molecule has 2 aromatic rings. The van der Waals surface area contributed by atoms with E-state index < -0.39 is 0 Å². The number of nitrogens with zero attached hydrogens (tertiary/aromatic N) is 2. The summed E-state index contributed by atoms with van der Waals surface area (Å²) in [4.78, 5) is 0. The van der Waals surface area contributed by atoms with Crippen molar-refractivity contribution in [3.63, 3.8) is 0 Å². The lowest BCUT2D eigenvalue weighted by molar-refractivity contribution is 0.673. The number of aromatic nitrogens is 2. The van der Waals surface area contributed by atoms with Gasteiger partial charge >= 0.3 is 0 Å². The lowest BCUT2D eigenvalue weighted by Gasteiger charge is -2.13. The molecule has 0 radical (unpaired) electrons. The Bertz CT molecular complexity index is 519. The predicted octanol–water partition coefficient (Wildman–Crippen LogP) is 2.73. The molecule has 0 aliphatic carbocycles. The molecule has 1 aromatic heterocycles. The number of aryl methyl sites for hydroxylation is 2. The van der Waals surface area contributed by atoms with E-state index in [1.807, 2.05) is 19.3 Å². The first-order chi connectivity index (χ1) is 8.06. The quantitative estimate of drug-likeness (QED) is 0.946. The summed E-state index contributed by atoms with van der Waals surface area (Å²) in [5.74, 6) is 0. The smallest absolute Gasteiger partial charge is 0.0643 e. The van der Waals surface area contributed by atoms with Crippen LogP contribution in [0.5, 0.6) is 0 Å². The van der Waals surface area contributed by atoms with E-state index in [1.54, 1.807) is 4.68 Å². The Morgan fingerprint density at radius 2 is 2.18 bits per heavy atom. The van der Waals surface area contributed by atoms with Crippen LogP contribution in [0, 0.1) is 6.92 Å². The number of rotatable bonds is 3. The van der Waals surface area contributed by atoms with Crippen molar-refractivity contribution >= 4 is 15.9 Å². The number of benzene rings is 1. The Kier molecular flexibility index (Phi) is 3.64. The summed E-state index contributed by atoms with van der Waals surface area (Å²) >= 11 is 3.56. The molecule has 0 bridgehead atoms. The van der Waals surface area contributed by atoms with Crippen LogP contribution in [0.1, 0.15) is 22.9 Å². The molecule has 0 aliphatic heterocycles. The van der Waals surface area contributed by atoms with Gasteiger partial charge in [-0.25, -0.2) is 0 Å². The van der Waals surface area contributed by atoms with Crippen molar-refractivity contribution in [1.29, 1.82) is 0 Å². The van der Waals surface area contributed by atoms with Crippen LogP contribution in [0.15, 0.2) is 34.9 Å². The van der Waals surface area contributed by atoms with E-state index in [-0.39, 0.29) is 6.04 Å². The SMILES string of the molecule is Cc1ccc(C(N)Cc2ccn(C)n2)c(Br)c1. The Balaban J connectivity index is 2.17. The van der Waals surface area contributed by atoms with Crippen LogP contribution in [-0.2, 0) is 13.5 Å². The molecule has 1 aromatic carbocycles. The molecule has 3 nitrogen and oxygen atoms in total. The molecule has 2 N–H and O–H groups in total. The molecular formula is C13H16BrN3. The van der Waals surface area contributed by atoms with Gasteiger partial charge < -0.3 is 5.73 Å². The molecule has 0 fully saturated rings. The van der Waals surface area contributed by atoms with Gasteiger partial charge in [-0.3, -0.25) is 4.68 Å². The minimum atomic E-state index is -0.0279. The molecule has 0 aliphatic rings. The number of hydrogen-bond acceptors (Lipinski definition) is 2. The van der Waals surface area contributed by atoms with E-state index in [9.17, 15) is 0 Å². The van der Waals surface area contributed by atoms with E-state index in [0.717, 1.165) is 22.2 Å². The Morgan fingerprint density at radius 1 is 1.41 bits per heavy atom. The normalized spacial score (nSPS) is 12.7. The van der Waals surface area contributed by atoms with Gasteiger partial charge in [0.15, 0.2) is 0 Å². The highest BCUT2D eigenvalue weighted by molar-refractivity contribution is 9.10. The van der Waals surface area contributed by atoms with Gasteiger partial charge in [-0.15, -0.1) is 0 Å².